The molecule has 0 spiro atoms. The van der Waals surface area contributed by atoms with Crippen LogP contribution >= 0.6 is 24.0 Å². The maximum Gasteiger partial charge on any atom is 0.218 e. The van der Waals surface area contributed by atoms with Crippen LogP contribution in [-0.2, 0) is 11.3 Å². The third-order valence-corrected chi connectivity index (χ3v) is 3.85. The molecular formula is C21H31IN4O4. The van der Waals surface area contributed by atoms with E-state index in [0.29, 0.717) is 49.7 Å². The zero-order chi connectivity index (χ0) is 20.9. The summed E-state index contributed by atoms with van der Waals surface area (Å²) in [5, 5.41) is 6.52. The fraction of sp³-hybridized carbons (Fsp3) is 0.429. The molecule has 0 bridgehead atoms. The van der Waals surface area contributed by atoms with Crippen molar-refractivity contribution < 1.29 is 18.9 Å². The molecule has 0 amide bonds. The molecule has 0 unspecified atom stereocenters. The van der Waals surface area contributed by atoms with Gasteiger partial charge >= 0.3 is 0 Å². The van der Waals surface area contributed by atoms with Gasteiger partial charge in [-0.1, -0.05) is 6.07 Å². The van der Waals surface area contributed by atoms with Crippen LogP contribution in [0.15, 0.2) is 41.5 Å². The summed E-state index contributed by atoms with van der Waals surface area (Å²) in [4.78, 5) is 8.94. The molecule has 9 heteroatoms. The summed E-state index contributed by atoms with van der Waals surface area (Å²) in [6.07, 6.45) is 1.70. The first kappa shape index (κ1) is 25.8. The van der Waals surface area contributed by atoms with Gasteiger partial charge < -0.3 is 29.6 Å². The lowest BCUT2D eigenvalue weighted by Crippen LogP contribution is -2.30. The molecule has 0 atom stereocenters. The lowest BCUT2D eigenvalue weighted by molar-refractivity contribution is 0.143. The molecule has 0 saturated carbocycles. The van der Waals surface area contributed by atoms with Gasteiger partial charge in [0.2, 0.25) is 5.88 Å². The van der Waals surface area contributed by atoms with Crippen LogP contribution in [0.3, 0.4) is 0 Å². The largest absolute Gasteiger partial charge is 0.493 e. The van der Waals surface area contributed by atoms with E-state index in [9.17, 15) is 0 Å². The van der Waals surface area contributed by atoms with E-state index in [-0.39, 0.29) is 24.0 Å². The first-order chi connectivity index (χ1) is 14.2. The minimum atomic E-state index is 0. The number of rotatable bonds is 11. The number of nitrogens with one attached hydrogen (secondary N) is 2. The van der Waals surface area contributed by atoms with E-state index in [1.807, 2.05) is 44.2 Å². The molecule has 0 fully saturated rings. The van der Waals surface area contributed by atoms with Crippen LogP contribution in [0.25, 0.3) is 0 Å². The van der Waals surface area contributed by atoms with Crippen molar-refractivity contribution in [2.75, 3.05) is 45.9 Å². The van der Waals surface area contributed by atoms with Gasteiger partial charge in [0.1, 0.15) is 6.61 Å². The maximum absolute atomic E-state index is 5.68. The summed E-state index contributed by atoms with van der Waals surface area (Å²) < 4.78 is 21.7. The molecule has 30 heavy (non-hydrogen) atoms. The van der Waals surface area contributed by atoms with Crippen LogP contribution in [0.1, 0.15) is 19.4 Å². The van der Waals surface area contributed by atoms with E-state index in [1.165, 1.54) is 0 Å². The van der Waals surface area contributed by atoms with Gasteiger partial charge in [-0.15, -0.1) is 24.0 Å². The first-order valence-corrected chi connectivity index (χ1v) is 9.63. The second kappa shape index (κ2) is 14.7. The number of aromatic nitrogens is 1. The molecule has 2 aromatic rings. The summed E-state index contributed by atoms with van der Waals surface area (Å²) in [6.45, 7) is 6.61. The lowest BCUT2D eigenvalue weighted by Gasteiger charge is -2.15. The van der Waals surface area contributed by atoms with Crippen molar-refractivity contribution in [3.8, 4) is 17.4 Å². The maximum atomic E-state index is 5.68. The molecular weight excluding hydrogens is 499 g/mol. The highest BCUT2D eigenvalue weighted by molar-refractivity contribution is 14.0. The second-order valence-electron chi connectivity index (χ2n) is 5.93. The Labute approximate surface area is 195 Å². The predicted octanol–water partition coefficient (Wildman–Crippen LogP) is 3.71. The van der Waals surface area contributed by atoms with E-state index in [1.54, 1.807) is 20.4 Å². The van der Waals surface area contributed by atoms with Crippen molar-refractivity contribution in [1.82, 2.24) is 10.3 Å². The zero-order valence-electron chi connectivity index (χ0n) is 17.9. The Hall–Kier alpha value is -2.27. The molecule has 0 saturated heterocycles. The molecule has 0 aliphatic heterocycles. The molecule has 0 aliphatic rings. The third kappa shape index (κ3) is 8.23. The number of aliphatic imine (C=N–C) groups is 1. The fourth-order valence-corrected chi connectivity index (χ4v) is 2.52. The molecule has 166 valence electrons. The summed E-state index contributed by atoms with van der Waals surface area (Å²) in [5.41, 5.74) is 1.73. The number of methoxy groups -OCH3 is 2. The van der Waals surface area contributed by atoms with Crippen LogP contribution in [0, 0.1) is 0 Å². The van der Waals surface area contributed by atoms with Crippen LogP contribution in [0.4, 0.5) is 5.69 Å². The minimum absolute atomic E-state index is 0. The van der Waals surface area contributed by atoms with E-state index in [2.05, 4.69) is 20.6 Å². The van der Waals surface area contributed by atoms with Gasteiger partial charge in [-0.3, -0.25) is 0 Å². The van der Waals surface area contributed by atoms with Crippen molar-refractivity contribution >= 4 is 35.6 Å². The lowest BCUT2D eigenvalue weighted by atomic mass is 10.2. The van der Waals surface area contributed by atoms with Gasteiger partial charge in [0, 0.05) is 37.2 Å². The van der Waals surface area contributed by atoms with Gasteiger partial charge in [0.15, 0.2) is 17.5 Å². The number of hydrogen-bond donors (Lipinski definition) is 2. The summed E-state index contributed by atoms with van der Waals surface area (Å²) in [7, 11) is 3.26. The van der Waals surface area contributed by atoms with E-state index < -0.39 is 0 Å². The van der Waals surface area contributed by atoms with Gasteiger partial charge in [-0.05, 0) is 32.0 Å². The SMILES string of the molecule is CCNC(=NCc1cccnc1OCCOC)Nc1ccc(OCC)c(OC)c1.I. The summed E-state index contributed by atoms with van der Waals surface area (Å²) >= 11 is 0. The van der Waals surface area contributed by atoms with Crippen molar-refractivity contribution in [3.05, 3.63) is 42.1 Å². The Balaban J connectivity index is 0.00000450. The molecule has 0 radical (unpaired) electrons. The first-order valence-electron chi connectivity index (χ1n) is 9.63. The van der Waals surface area contributed by atoms with E-state index >= 15 is 0 Å². The highest BCUT2D eigenvalue weighted by Crippen LogP contribution is 2.30. The minimum Gasteiger partial charge on any atom is -0.493 e. The summed E-state index contributed by atoms with van der Waals surface area (Å²) in [5.74, 6) is 2.57. The Bertz CT molecular complexity index is 789. The van der Waals surface area contributed by atoms with Crippen LogP contribution in [0.2, 0.25) is 0 Å². The topological polar surface area (TPSA) is 86.2 Å². The average Bonchev–Trinajstić information content (AvgIpc) is 2.74. The second-order valence-corrected chi connectivity index (χ2v) is 5.93. The highest BCUT2D eigenvalue weighted by atomic mass is 127. The van der Waals surface area contributed by atoms with Gasteiger partial charge in [-0.25, -0.2) is 9.98 Å². The van der Waals surface area contributed by atoms with Crippen molar-refractivity contribution in [1.29, 1.82) is 0 Å². The average molecular weight is 530 g/mol. The molecule has 2 rings (SSSR count). The number of guanidine groups is 1. The fourth-order valence-electron chi connectivity index (χ4n) is 2.52. The number of ether oxygens (including phenoxy) is 4. The zero-order valence-corrected chi connectivity index (χ0v) is 20.3. The molecule has 1 aromatic heterocycles. The third-order valence-electron chi connectivity index (χ3n) is 3.85. The Kier molecular flexibility index (Phi) is 12.6. The summed E-state index contributed by atoms with van der Waals surface area (Å²) in [6, 6.07) is 9.48. The Morgan fingerprint density at radius 2 is 1.90 bits per heavy atom. The molecule has 8 nitrogen and oxygen atoms in total. The van der Waals surface area contributed by atoms with Gasteiger partial charge in [0.25, 0.3) is 0 Å². The monoisotopic (exact) mass is 530 g/mol. The normalized spacial score (nSPS) is 10.7. The number of anilines is 1. The number of halogens is 1. The van der Waals surface area contributed by atoms with E-state index in [0.717, 1.165) is 17.8 Å². The van der Waals surface area contributed by atoms with E-state index in [4.69, 9.17) is 18.9 Å². The van der Waals surface area contributed by atoms with Crippen molar-refractivity contribution in [2.24, 2.45) is 4.99 Å². The number of hydrogen-bond acceptors (Lipinski definition) is 6. The number of benzene rings is 1. The van der Waals surface area contributed by atoms with Gasteiger partial charge in [-0.2, -0.15) is 0 Å². The van der Waals surface area contributed by atoms with Crippen molar-refractivity contribution in [2.45, 2.75) is 20.4 Å². The molecule has 0 aliphatic carbocycles. The quantitative estimate of drug-likeness (QED) is 0.198. The van der Waals surface area contributed by atoms with Crippen LogP contribution in [0.5, 0.6) is 17.4 Å². The Morgan fingerprint density at radius 1 is 1.07 bits per heavy atom. The van der Waals surface area contributed by atoms with Gasteiger partial charge in [0.05, 0.1) is 26.9 Å². The standard InChI is InChI=1S/C21H30N4O4.HI/c1-5-22-21(25-17-9-10-18(28-6-2)19(14-17)27-4)24-15-16-8-7-11-23-20(16)29-13-12-26-3;/h7-11,14H,5-6,12-13,15H2,1-4H3,(H2,22,24,25);1H. The molecule has 2 N–H and O–H groups in total. The molecule has 1 heterocycles. The van der Waals surface area contributed by atoms with Crippen LogP contribution in [-0.4, -0.2) is 51.5 Å². The molecule has 1 aromatic carbocycles. The highest BCUT2D eigenvalue weighted by Gasteiger charge is 2.08. The number of nitrogens with zero attached hydrogens (tertiary/aromatic N) is 2. The Morgan fingerprint density at radius 3 is 2.60 bits per heavy atom. The van der Waals surface area contributed by atoms with Crippen molar-refractivity contribution in [3.63, 3.8) is 0 Å². The predicted molar refractivity (Wildman–Crippen MR) is 130 cm³/mol. The van der Waals surface area contributed by atoms with Crippen LogP contribution < -0.4 is 24.8 Å². The smallest absolute Gasteiger partial charge is 0.218 e. The number of pyridine rings is 1.